The number of sulfonamides is 1. The van der Waals surface area contributed by atoms with Gasteiger partial charge in [-0.3, -0.25) is 9.10 Å². The van der Waals surface area contributed by atoms with E-state index in [-0.39, 0.29) is 23.8 Å². The third-order valence-corrected chi connectivity index (χ3v) is 7.90. The van der Waals surface area contributed by atoms with Gasteiger partial charge in [0.05, 0.1) is 11.4 Å². The van der Waals surface area contributed by atoms with E-state index >= 15 is 0 Å². The van der Waals surface area contributed by atoms with Gasteiger partial charge in [0.2, 0.25) is 10.0 Å². The van der Waals surface area contributed by atoms with Crippen molar-refractivity contribution in [2.45, 2.75) is 51.7 Å². The maximum absolute atomic E-state index is 13.0. The summed E-state index contributed by atoms with van der Waals surface area (Å²) in [7, 11) is -3.24. The number of benzene rings is 1. The number of aromatic nitrogens is 1. The number of amides is 2. The molecule has 0 spiro atoms. The van der Waals surface area contributed by atoms with E-state index in [2.05, 4.69) is 5.32 Å². The summed E-state index contributed by atoms with van der Waals surface area (Å²) in [5.74, 6) is -0.0692. The van der Waals surface area contributed by atoms with Gasteiger partial charge in [-0.2, -0.15) is 0 Å². The van der Waals surface area contributed by atoms with Crippen LogP contribution in [0.5, 0.6) is 0 Å². The maximum atomic E-state index is 13.0. The Morgan fingerprint density at radius 3 is 2.29 bits per heavy atom. The van der Waals surface area contributed by atoms with E-state index in [0.29, 0.717) is 43.1 Å². The summed E-state index contributed by atoms with van der Waals surface area (Å²) in [4.78, 5) is 27.0. The van der Waals surface area contributed by atoms with Gasteiger partial charge in [-0.15, -0.1) is 0 Å². The molecule has 1 N–H and O–H groups in total. The average molecular weight is 489 g/mol. The fourth-order valence-corrected chi connectivity index (χ4v) is 5.96. The van der Waals surface area contributed by atoms with Crippen molar-refractivity contribution < 1.29 is 22.7 Å². The summed E-state index contributed by atoms with van der Waals surface area (Å²) < 4.78 is 33.1. The monoisotopic (exact) mass is 488 g/mol. The Morgan fingerprint density at radius 2 is 1.71 bits per heavy atom. The zero-order chi connectivity index (χ0) is 24.5. The van der Waals surface area contributed by atoms with Gasteiger partial charge in [0.25, 0.3) is 5.91 Å². The smallest absolute Gasteiger partial charge is 0.410 e. The molecule has 1 aromatic heterocycles. The standard InChI is InChI=1S/C24H32N4O5S/c1-24(2,3)33-23(30)26-15-11-19(12-16-26)27-13-4-6-21(27)22(29)25-18-7-9-20(10-8-18)28-14-5-17-34(28,31)32/h4,6-10,13,19H,5,11-12,14-17H2,1-3H3,(H,25,29). The summed E-state index contributed by atoms with van der Waals surface area (Å²) in [6.45, 7) is 7.17. The molecule has 4 rings (SSSR count). The van der Waals surface area contributed by atoms with Crippen LogP contribution in [0, 0.1) is 0 Å². The van der Waals surface area contributed by atoms with Crippen LogP contribution in [0.1, 0.15) is 56.6 Å². The normalized spacial score (nSPS) is 18.7. The van der Waals surface area contributed by atoms with Gasteiger partial charge >= 0.3 is 6.09 Å². The molecule has 2 aliphatic rings. The van der Waals surface area contributed by atoms with E-state index in [4.69, 9.17) is 4.74 Å². The second-order valence-corrected chi connectivity index (χ2v) is 11.8. The van der Waals surface area contributed by atoms with Crippen LogP contribution in [-0.2, 0) is 14.8 Å². The van der Waals surface area contributed by atoms with E-state index in [9.17, 15) is 18.0 Å². The number of carbonyl (C=O) groups is 2. The Morgan fingerprint density at radius 1 is 1.03 bits per heavy atom. The first kappa shape index (κ1) is 24.1. The highest BCUT2D eigenvalue weighted by molar-refractivity contribution is 7.93. The Labute approximate surface area is 200 Å². The van der Waals surface area contributed by atoms with Crippen molar-refractivity contribution in [2.24, 2.45) is 0 Å². The van der Waals surface area contributed by atoms with Gasteiger partial charge in [0.1, 0.15) is 11.3 Å². The first-order valence-electron chi connectivity index (χ1n) is 11.6. The predicted octanol–water partition coefficient (Wildman–Crippen LogP) is 3.85. The summed E-state index contributed by atoms with van der Waals surface area (Å²) in [6.07, 6.45) is 3.67. The van der Waals surface area contributed by atoms with Crippen LogP contribution in [0.15, 0.2) is 42.6 Å². The van der Waals surface area contributed by atoms with Crippen molar-refractivity contribution in [1.29, 1.82) is 0 Å². The molecule has 10 heteroatoms. The molecule has 34 heavy (non-hydrogen) atoms. The highest BCUT2D eigenvalue weighted by Gasteiger charge is 2.30. The topological polar surface area (TPSA) is 101 Å². The Balaban J connectivity index is 1.37. The molecular formula is C24H32N4O5S. The Kier molecular flexibility index (Phi) is 6.62. The molecule has 2 saturated heterocycles. The van der Waals surface area contributed by atoms with E-state index in [1.54, 1.807) is 35.2 Å². The predicted molar refractivity (Wildman–Crippen MR) is 131 cm³/mol. The summed E-state index contributed by atoms with van der Waals surface area (Å²) >= 11 is 0. The molecule has 0 atom stereocenters. The van der Waals surface area contributed by atoms with E-state index in [0.717, 1.165) is 12.8 Å². The minimum atomic E-state index is -3.24. The summed E-state index contributed by atoms with van der Waals surface area (Å²) in [5, 5.41) is 2.90. The van der Waals surface area contributed by atoms with E-state index in [1.807, 2.05) is 37.6 Å². The second kappa shape index (κ2) is 9.32. The number of hydrogen-bond donors (Lipinski definition) is 1. The van der Waals surface area contributed by atoms with Gasteiger partial charge in [-0.1, -0.05) is 0 Å². The zero-order valence-electron chi connectivity index (χ0n) is 19.9. The SMILES string of the molecule is CC(C)(C)OC(=O)N1CCC(n2cccc2C(=O)Nc2ccc(N3CCCS3(=O)=O)cc2)CC1. The number of nitrogens with zero attached hydrogens (tertiary/aromatic N) is 3. The lowest BCUT2D eigenvalue weighted by molar-refractivity contribution is 0.0187. The van der Waals surface area contributed by atoms with Crippen LogP contribution < -0.4 is 9.62 Å². The van der Waals surface area contributed by atoms with Crippen molar-refractivity contribution in [1.82, 2.24) is 9.47 Å². The Hall–Kier alpha value is -3.01. The number of likely N-dealkylation sites (tertiary alicyclic amines) is 1. The molecule has 2 amide bonds. The molecule has 0 saturated carbocycles. The van der Waals surface area contributed by atoms with Crippen molar-refractivity contribution in [3.63, 3.8) is 0 Å². The molecule has 0 aliphatic carbocycles. The van der Waals surface area contributed by atoms with Crippen molar-refractivity contribution in [3.8, 4) is 0 Å². The van der Waals surface area contributed by atoms with Gasteiger partial charge in [0, 0.05) is 37.6 Å². The molecule has 0 bridgehead atoms. The summed E-state index contributed by atoms with van der Waals surface area (Å²) in [5.41, 5.74) is 1.22. The maximum Gasteiger partial charge on any atom is 0.410 e. The van der Waals surface area contributed by atoms with Gasteiger partial charge in [0.15, 0.2) is 0 Å². The minimum Gasteiger partial charge on any atom is -0.444 e. The lowest BCUT2D eigenvalue weighted by Gasteiger charge is -2.34. The minimum absolute atomic E-state index is 0.109. The molecule has 2 aliphatic heterocycles. The van der Waals surface area contributed by atoms with Gasteiger partial charge in [-0.05, 0) is 76.4 Å². The first-order chi connectivity index (χ1) is 16.0. The number of rotatable bonds is 4. The second-order valence-electron chi connectivity index (χ2n) is 9.74. The average Bonchev–Trinajstić information content (AvgIpc) is 3.39. The molecule has 184 valence electrons. The van der Waals surface area contributed by atoms with E-state index in [1.165, 1.54) is 4.31 Å². The molecule has 3 heterocycles. The number of hydrogen-bond acceptors (Lipinski definition) is 5. The summed E-state index contributed by atoms with van der Waals surface area (Å²) in [6, 6.07) is 10.6. The van der Waals surface area contributed by atoms with Crippen molar-refractivity contribution in [2.75, 3.05) is 35.0 Å². The Bertz CT molecular complexity index is 1140. The lowest BCUT2D eigenvalue weighted by atomic mass is 10.0. The molecule has 2 aromatic rings. The quantitative estimate of drug-likeness (QED) is 0.704. The highest BCUT2D eigenvalue weighted by Crippen LogP contribution is 2.28. The van der Waals surface area contributed by atoms with Crippen LogP contribution in [0.4, 0.5) is 16.2 Å². The molecular weight excluding hydrogens is 456 g/mol. The number of piperidine rings is 1. The van der Waals surface area contributed by atoms with Crippen LogP contribution >= 0.6 is 0 Å². The van der Waals surface area contributed by atoms with Crippen LogP contribution in [0.25, 0.3) is 0 Å². The fraction of sp³-hybridized carbons (Fsp3) is 0.500. The van der Waals surface area contributed by atoms with Crippen LogP contribution in [0.2, 0.25) is 0 Å². The van der Waals surface area contributed by atoms with Gasteiger partial charge in [-0.25, -0.2) is 13.2 Å². The first-order valence-corrected chi connectivity index (χ1v) is 13.2. The molecule has 0 radical (unpaired) electrons. The largest absolute Gasteiger partial charge is 0.444 e. The van der Waals surface area contributed by atoms with Gasteiger partial charge < -0.3 is 19.5 Å². The number of carbonyl (C=O) groups excluding carboxylic acids is 2. The number of anilines is 2. The number of nitrogens with one attached hydrogen (secondary N) is 1. The third kappa shape index (κ3) is 5.38. The molecule has 1 aromatic carbocycles. The zero-order valence-corrected chi connectivity index (χ0v) is 20.7. The highest BCUT2D eigenvalue weighted by atomic mass is 32.2. The van der Waals surface area contributed by atoms with Crippen molar-refractivity contribution in [3.05, 3.63) is 48.3 Å². The van der Waals surface area contributed by atoms with Crippen LogP contribution in [-0.4, -0.2) is 60.9 Å². The van der Waals surface area contributed by atoms with Crippen molar-refractivity contribution >= 4 is 33.4 Å². The van der Waals surface area contributed by atoms with Crippen LogP contribution in [0.3, 0.4) is 0 Å². The lowest BCUT2D eigenvalue weighted by Crippen LogP contribution is -2.42. The van der Waals surface area contributed by atoms with E-state index < -0.39 is 15.6 Å². The molecule has 0 unspecified atom stereocenters. The number of ether oxygens (including phenoxy) is 1. The third-order valence-electron chi connectivity index (χ3n) is 6.03. The molecule has 9 nitrogen and oxygen atoms in total. The fourth-order valence-electron chi connectivity index (χ4n) is 4.39. The molecule has 2 fully saturated rings.